The van der Waals surface area contributed by atoms with Crippen LogP contribution in [-0.2, 0) is 14.8 Å². The fourth-order valence-corrected chi connectivity index (χ4v) is 5.93. The standard InChI is InChI=1S/C26H34ClN3O3S/c1-19-18-25(20(2)17-23(19)27)34(32,33)30(4)24-8-6-5-7-22(24)9-10-26(31)28-14-11-21-12-15-29(3)16-13-21/h5-10,17-18,21H,11-16H2,1-4H3,(H,28,31)/b10-9+. The molecule has 2 aromatic carbocycles. The molecule has 0 bridgehead atoms. The van der Waals surface area contributed by atoms with E-state index in [1.54, 1.807) is 50.3 Å². The molecule has 0 atom stereocenters. The Morgan fingerprint density at radius 1 is 1.18 bits per heavy atom. The molecular formula is C26H34ClN3O3S. The molecule has 34 heavy (non-hydrogen) atoms. The lowest BCUT2D eigenvalue weighted by Crippen LogP contribution is -2.32. The number of carbonyl (C=O) groups excluding carboxylic acids is 1. The monoisotopic (exact) mass is 503 g/mol. The van der Waals surface area contributed by atoms with Crippen molar-refractivity contribution >= 4 is 39.3 Å². The number of nitrogens with zero attached hydrogens (tertiary/aromatic N) is 2. The third-order valence-electron chi connectivity index (χ3n) is 6.47. The second-order valence-electron chi connectivity index (χ2n) is 9.06. The van der Waals surface area contributed by atoms with E-state index in [2.05, 4.69) is 17.3 Å². The van der Waals surface area contributed by atoms with Crippen molar-refractivity contribution in [3.8, 4) is 0 Å². The number of para-hydroxylation sites is 1. The summed E-state index contributed by atoms with van der Waals surface area (Å²) in [6, 6.07) is 10.4. The van der Waals surface area contributed by atoms with Crippen LogP contribution in [0.2, 0.25) is 5.02 Å². The summed E-state index contributed by atoms with van der Waals surface area (Å²) in [6.07, 6.45) is 6.44. The van der Waals surface area contributed by atoms with Gasteiger partial charge in [-0.1, -0.05) is 29.8 Å². The van der Waals surface area contributed by atoms with Gasteiger partial charge in [-0.3, -0.25) is 9.10 Å². The Bertz CT molecular complexity index is 1160. The fraction of sp³-hybridized carbons (Fsp3) is 0.423. The van der Waals surface area contributed by atoms with Crippen LogP contribution in [0.25, 0.3) is 6.08 Å². The highest BCUT2D eigenvalue weighted by atomic mass is 35.5. The van der Waals surface area contributed by atoms with E-state index < -0.39 is 10.0 Å². The number of likely N-dealkylation sites (tertiary alicyclic amines) is 1. The Labute approximate surface area is 208 Å². The zero-order valence-corrected chi connectivity index (χ0v) is 21.9. The number of carbonyl (C=O) groups is 1. The van der Waals surface area contributed by atoms with Crippen LogP contribution in [0.15, 0.2) is 47.4 Å². The first-order valence-corrected chi connectivity index (χ1v) is 13.4. The maximum atomic E-state index is 13.4. The van der Waals surface area contributed by atoms with Crippen LogP contribution in [-0.4, -0.2) is 53.0 Å². The van der Waals surface area contributed by atoms with E-state index >= 15 is 0 Å². The molecule has 0 aromatic heterocycles. The third-order valence-corrected chi connectivity index (χ3v) is 8.80. The maximum Gasteiger partial charge on any atom is 0.264 e. The predicted molar refractivity (Wildman–Crippen MR) is 140 cm³/mol. The fourth-order valence-electron chi connectivity index (χ4n) is 4.20. The summed E-state index contributed by atoms with van der Waals surface area (Å²) in [6.45, 7) is 6.38. The quantitative estimate of drug-likeness (QED) is 0.533. The number of aryl methyl sites for hydroxylation is 2. The number of halogens is 1. The van der Waals surface area contributed by atoms with Gasteiger partial charge in [-0.05, 0) is 100 Å². The highest BCUT2D eigenvalue weighted by Crippen LogP contribution is 2.30. The van der Waals surface area contributed by atoms with E-state index in [0.717, 1.165) is 19.5 Å². The lowest BCUT2D eigenvalue weighted by molar-refractivity contribution is -0.116. The minimum absolute atomic E-state index is 0.183. The molecular weight excluding hydrogens is 470 g/mol. The summed E-state index contributed by atoms with van der Waals surface area (Å²) < 4.78 is 28.0. The third kappa shape index (κ3) is 6.40. The number of anilines is 1. The van der Waals surface area contributed by atoms with E-state index in [-0.39, 0.29) is 10.8 Å². The molecule has 1 fully saturated rings. The number of piperidine rings is 1. The number of nitrogens with one attached hydrogen (secondary N) is 1. The minimum Gasteiger partial charge on any atom is -0.353 e. The first-order valence-electron chi connectivity index (χ1n) is 11.6. The first kappa shape index (κ1) is 26.3. The average Bonchev–Trinajstić information content (AvgIpc) is 2.81. The molecule has 2 aromatic rings. The molecule has 8 heteroatoms. The number of sulfonamides is 1. The van der Waals surface area contributed by atoms with Crippen molar-refractivity contribution in [3.63, 3.8) is 0 Å². The number of hydrogen-bond acceptors (Lipinski definition) is 4. The van der Waals surface area contributed by atoms with Gasteiger partial charge in [-0.25, -0.2) is 8.42 Å². The van der Waals surface area contributed by atoms with Gasteiger partial charge in [0.2, 0.25) is 5.91 Å². The molecule has 1 saturated heterocycles. The summed E-state index contributed by atoms with van der Waals surface area (Å²) >= 11 is 6.16. The number of benzene rings is 2. The van der Waals surface area contributed by atoms with E-state index in [1.807, 2.05) is 6.07 Å². The lowest BCUT2D eigenvalue weighted by atomic mass is 9.94. The van der Waals surface area contributed by atoms with Crippen LogP contribution in [0.1, 0.15) is 36.0 Å². The van der Waals surface area contributed by atoms with Crippen molar-refractivity contribution in [2.24, 2.45) is 5.92 Å². The van der Waals surface area contributed by atoms with Crippen LogP contribution in [0.4, 0.5) is 5.69 Å². The number of amides is 1. The van der Waals surface area contributed by atoms with E-state index in [1.165, 1.54) is 30.3 Å². The van der Waals surface area contributed by atoms with Gasteiger partial charge >= 0.3 is 0 Å². The van der Waals surface area contributed by atoms with Gasteiger partial charge < -0.3 is 10.2 Å². The Balaban J connectivity index is 1.69. The molecule has 0 aliphatic carbocycles. The van der Waals surface area contributed by atoms with Crippen LogP contribution in [0, 0.1) is 19.8 Å². The van der Waals surface area contributed by atoms with Crippen molar-refractivity contribution in [1.82, 2.24) is 10.2 Å². The molecule has 0 radical (unpaired) electrons. The minimum atomic E-state index is -3.82. The Morgan fingerprint density at radius 2 is 1.85 bits per heavy atom. The van der Waals surface area contributed by atoms with Crippen LogP contribution in [0.5, 0.6) is 0 Å². The van der Waals surface area contributed by atoms with Gasteiger partial charge in [0, 0.05) is 24.7 Å². The van der Waals surface area contributed by atoms with Gasteiger partial charge in [-0.15, -0.1) is 0 Å². The average molecular weight is 504 g/mol. The summed E-state index contributed by atoms with van der Waals surface area (Å²) in [5.41, 5.74) is 2.41. The summed E-state index contributed by atoms with van der Waals surface area (Å²) in [4.78, 5) is 14.9. The SMILES string of the molecule is Cc1cc(S(=O)(=O)N(C)c2ccccc2/C=C/C(=O)NCCC2CCN(C)CC2)c(C)cc1Cl. The van der Waals surface area contributed by atoms with Crippen molar-refractivity contribution in [2.75, 3.05) is 38.0 Å². The molecule has 3 rings (SSSR count). The molecule has 1 aliphatic heterocycles. The highest BCUT2D eigenvalue weighted by molar-refractivity contribution is 7.92. The van der Waals surface area contributed by atoms with Crippen LogP contribution < -0.4 is 9.62 Å². The Morgan fingerprint density at radius 3 is 2.56 bits per heavy atom. The van der Waals surface area contributed by atoms with Crippen LogP contribution in [0.3, 0.4) is 0 Å². The second-order valence-corrected chi connectivity index (χ2v) is 11.4. The molecule has 1 aliphatic rings. The maximum absolute atomic E-state index is 13.4. The van der Waals surface area contributed by atoms with E-state index in [9.17, 15) is 13.2 Å². The van der Waals surface area contributed by atoms with Gasteiger partial charge in [0.05, 0.1) is 10.6 Å². The Kier molecular flexibility index (Phi) is 8.79. The topological polar surface area (TPSA) is 69.7 Å². The molecule has 1 heterocycles. The molecule has 0 saturated carbocycles. The van der Waals surface area contributed by atoms with E-state index in [4.69, 9.17) is 11.6 Å². The number of hydrogen-bond donors (Lipinski definition) is 1. The molecule has 0 spiro atoms. The molecule has 1 N–H and O–H groups in total. The van der Waals surface area contributed by atoms with E-state index in [0.29, 0.717) is 39.9 Å². The van der Waals surface area contributed by atoms with Gasteiger partial charge in [0.1, 0.15) is 0 Å². The number of rotatable bonds is 8. The van der Waals surface area contributed by atoms with Gasteiger partial charge in [0.25, 0.3) is 10.0 Å². The van der Waals surface area contributed by atoms with Crippen molar-refractivity contribution in [3.05, 3.63) is 64.2 Å². The lowest BCUT2D eigenvalue weighted by Gasteiger charge is -2.28. The van der Waals surface area contributed by atoms with Crippen molar-refractivity contribution in [1.29, 1.82) is 0 Å². The molecule has 6 nitrogen and oxygen atoms in total. The zero-order valence-electron chi connectivity index (χ0n) is 20.3. The molecule has 0 unspecified atom stereocenters. The molecule has 184 valence electrons. The summed E-state index contributed by atoms with van der Waals surface area (Å²) in [5, 5.41) is 3.48. The zero-order chi connectivity index (χ0) is 24.9. The Hall–Kier alpha value is -2.35. The van der Waals surface area contributed by atoms with Crippen molar-refractivity contribution < 1.29 is 13.2 Å². The normalized spacial score (nSPS) is 15.6. The highest BCUT2D eigenvalue weighted by Gasteiger charge is 2.25. The largest absolute Gasteiger partial charge is 0.353 e. The van der Waals surface area contributed by atoms with Crippen molar-refractivity contribution in [2.45, 2.75) is 38.0 Å². The van der Waals surface area contributed by atoms with Crippen LogP contribution >= 0.6 is 11.6 Å². The smallest absolute Gasteiger partial charge is 0.264 e. The van der Waals surface area contributed by atoms with Gasteiger partial charge in [0.15, 0.2) is 0 Å². The molecule has 1 amide bonds. The predicted octanol–water partition coefficient (Wildman–Crippen LogP) is 4.64. The summed E-state index contributed by atoms with van der Waals surface area (Å²) in [7, 11) is -0.156. The summed E-state index contributed by atoms with van der Waals surface area (Å²) in [5.74, 6) is 0.470. The van der Waals surface area contributed by atoms with Gasteiger partial charge in [-0.2, -0.15) is 0 Å². The first-order chi connectivity index (χ1) is 16.1. The second kappa shape index (κ2) is 11.4.